The van der Waals surface area contributed by atoms with Gasteiger partial charge in [-0.1, -0.05) is 32.9 Å². The first-order valence-corrected chi connectivity index (χ1v) is 7.33. The van der Waals surface area contributed by atoms with Crippen LogP contribution in [0.15, 0.2) is 24.3 Å². The zero-order chi connectivity index (χ0) is 17.8. The molecule has 0 unspecified atom stereocenters. The van der Waals surface area contributed by atoms with Crippen LogP contribution in [0.25, 0.3) is 0 Å². The molecule has 1 amide bonds. The van der Waals surface area contributed by atoms with Gasteiger partial charge in [0.1, 0.15) is 11.8 Å². The van der Waals surface area contributed by atoms with Gasteiger partial charge in [-0.2, -0.15) is 0 Å². The van der Waals surface area contributed by atoms with Crippen LogP contribution in [0.2, 0.25) is 0 Å². The second-order valence-electron chi connectivity index (χ2n) is 6.49. The standard InChI is InChI=1S/C17H23NO5/c1-10(19)12-7-6-8-13(9-12)23-11(2)15(20)18-14(16(21)22)17(3,4)5/h6-9,11,14H,1-5H3,(H,18,20)(H,21,22)/t11-,14-/m1/s1. The average molecular weight is 321 g/mol. The average Bonchev–Trinajstić information content (AvgIpc) is 2.42. The Hall–Kier alpha value is -2.37. The van der Waals surface area contributed by atoms with Crippen LogP contribution in [0.1, 0.15) is 45.0 Å². The Labute approximate surface area is 135 Å². The van der Waals surface area contributed by atoms with Crippen LogP contribution in [-0.2, 0) is 9.59 Å². The van der Waals surface area contributed by atoms with Gasteiger partial charge in [-0.15, -0.1) is 0 Å². The van der Waals surface area contributed by atoms with Crippen molar-refractivity contribution in [2.75, 3.05) is 0 Å². The highest BCUT2D eigenvalue weighted by Crippen LogP contribution is 2.20. The number of hydrogen-bond donors (Lipinski definition) is 2. The van der Waals surface area contributed by atoms with Crippen molar-refractivity contribution in [2.45, 2.75) is 46.8 Å². The zero-order valence-electron chi connectivity index (χ0n) is 14.0. The van der Waals surface area contributed by atoms with E-state index in [1.165, 1.54) is 13.8 Å². The molecule has 0 spiro atoms. The molecule has 1 aromatic carbocycles. The van der Waals surface area contributed by atoms with Crippen LogP contribution in [-0.4, -0.2) is 34.9 Å². The number of aliphatic carboxylic acids is 1. The van der Waals surface area contributed by atoms with Crippen molar-refractivity contribution in [1.82, 2.24) is 5.32 Å². The monoisotopic (exact) mass is 321 g/mol. The van der Waals surface area contributed by atoms with E-state index in [0.29, 0.717) is 11.3 Å². The first-order valence-electron chi connectivity index (χ1n) is 7.33. The van der Waals surface area contributed by atoms with Gasteiger partial charge < -0.3 is 15.2 Å². The molecule has 1 rings (SSSR count). The van der Waals surface area contributed by atoms with Gasteiger partial charge in [-0.25, -0.2) is 4.79 Å². The highest BCUT2D eigenvalue weighted by atomic mass is 16.5. The van der Waals surface area contributed by atoms with Gasteiger partial charge in [-0.05, 0) is 31.4 Å². The molecule has 1 aromatic rings. The summed E-state index contributed by atoms with van der Waals surface area (Å²) in [4.78, 5) is 34.8. The molecule has 0 radical (unpaired) electrons. The van der Waals surface area contributed by atoms with Crippen molar-refractivity contribution in [3.8, 4) is 5.75 Å². The van der Waals surface area contributed by atoms with E-state index in [2.05, 4.69) is 5.32 Å². The lowest BCUT2D eigenvalue weighted by Gasteiger charge is -2.28. The smallest absolute Gasteiger partial charge is 0.326 e. The summed E-state index contributed by atoms with van der Waals surface area (Å²) in [6.07, 6.45) is -0.888. The quantitative estimate of drug-likeness (QED) is 0.784. The second-order valence-corrected chi connectivity index (χ2v) is 6.49. The highest BCUT2D eigenvalue weighted by Gasteiger charge is 2.34. The normalized spacial score (nSPS) is 13.8. The fourth-order valence-electron chi connectivity index (χ4n) is 1.95. The van der Waals surface area contributed by atoms with Crippen LogP contribution in [0.3, 0.4) is 0 Å². The summed E-state index contributed by atoms with van der Waals surface area (Å²) in [5.74, 6) is -1.36. The van der Waals surface area contributed by atoms with Gasteiger partial charge in [0, 0.05) is 5.56 Å². The molecule has 0 aliphatic carbocycles. The SMILES string of the molecule is CC(=O)c1cccc(O[C@H](C)C(=O)N[C@H](C(=O)O)C(C)(C)C)c1. The maximum atomic E-state index is 12.2. The van der Waals surface area contributed by atoms with Crippen LogP contribution < -0.4 is 10.1 Å². The Morgan fingerprint density at radius 3 is 2.30 bits per heavy atom. The Morgan fingerprint density at radius 2 is 1.83 bits per heavy atom. The second kappa shape index (κ2) is 7.26. The van der Waals surface area contributed by atoms with Crippen molar-refractivity contribution in [3.63, 3.8) is 0 Å². The van der Waals surface area contributed by atoms with Crippen molar-refractivity contribution in [1.29, 1.82) is 0 Å². The van der Waals surface area contributed by atoms with E-state index in [-0.39, 0.29) is 5.78 Å². The lowest BCUT2D eigenvalue weighted by molar-refractivity contribution is -0.146. The molecule has 0 aliphatic heterocycles. The van der Waals surface area contributed by atoms with Gasteiger partial charge in [0.25, 0.3) is 5.91 Å². The minimum Gasteiger partial charge on any atom is -0.481 e. The number of carboxylic acids is 1. The van der Waals surface area contributed by atoms with E-state index in [1.54, 1.807) is 45.0 Å². The number of ketones is 1. The molecule has 0 heterocycles. The predicted octanol–water partition coefficient (Wildman–Crippen LogP) is 2.27. The first-order chi connectivity index (χ1) is 10.5. The van der Waals surface area contributed by atoms with Crippen molar-refractivity contribution < 1.29 is 24.2 Å². The van der Waals surface area contributed by atoms with Crippen LogP contribution >= 0.6 is 0 Å². The lowest BCUT2D eigenvalue weighted by atomic mass is 9.86. The highest BCUT2D eigenvalue weighted by molar-refractivity contribution is 5.94. The molecule has 2 atom stereocenters. The Kier molecular flexibility index (Phi) is 5.90. The van der Waals surface area contributed by atoms with E-state index in [0.717, 1.165) is 0 Å². The number of benzene rings is 1. The molecule has 0 saturated carbocycles. The number of rotatable bonds is 6. The summed E-state index contributed by atoms with van der Waals surface area (Å²) in [5.41, 5.74) is -0.149. The maximum absolute atomic E-state index is 12.2. The minimum atomic E-state index is -1.10. The van der Waals surface area contributed by atoms with E-state index in [4.69, 9.17) is 4.74 Å². The molecular weight excluding hydrogens is 298 g/mol. The van der Waals surface area contributed by atoms with Gasteiger partial charge >= 0.3 is 5.97 Å². The molecule has 6 nitrogen and oxygen atoms in total. The third-order valence-corrected chi connectivity index (χ3v) is 3.32. The number of nitrogens with one attached hydrogen (secondary N) is 1. The summed E-state index contributed by atoms with van der Waals surface area (Å²) in [5, 5.41) is 11.7. The summed E-state index contributed by atoms with van der Waals surface area (Å²) in [7, 11) is 0. The van der Waals surface area contributed by atoms with Crippen LogP contribution in [0, 0.1) is 5.41 Å². The predicted molar refractivity (Wildman–Crippen MR) is 85.6 cm³/mol. The Balaban J connectivity index is 2.79. The molecule has 0 aliphatic rings. The Morgan fingerprint density at radius 1 is 1.22 bits per heavy atom. The Bertz CT molecular complexity index is 603. The van der Waals surface area contributed by atoms with Crippen molar-refractivity contribution in [2.24, 2.45) is 5.41 Å². The molecule has 0 fully saturated rings. The fraction of sp³-hybridized carbons (Fsp3) is 0.471. The number of carbonyl (C=O) groups excluding carboxylic acids is 2. The third-order valence-electron chi connectivity index (χ3n) is 3.32. The number of Topliss-reactive ketones (excluding diaryl/α,β-unsaturated/α-hetero) is 1. The number of hydrogen-bond acceptors (Lipinski definition) is 4. The third kappa shape index (κ3) is 5.39. The number of ether oxygens (including phenoxy) is 1. The summed E-state index contributed by atoms with van der Waals surface area (Å²) >= 11 is 0. The van der Waals surface area contributed by atoms with Crippen molar-refractivity contribution in [3.05, 3.63) is 29.8 Å². The van der Waals surface area contributed by atoms with Gasteiger partial charge in [0.2, 0.25) is 0 Å². The molecule has 2 N–H and O–H groups in total. The number of carbonyl (C=O) groups is 3. The molecule has 0 bridgehead atoms. The molecule has 23 heavy (non-hydrogen) atoms. The molecule has 0 aromatic heterocycles. The summed E-state index contributed by atoms with van der Waals surface area (Å²) in [6.45, 7) is 8.16. The van der Waals surface area contributed by atoms with E-state index >= 15 is 0 Å². The fourth-order valence-corrected chi connectivity index (χ4v) is 1.95. The van der Waals surface area contributed by atoms with E-state index < -0.39 is 29.4 Å². The van der Waals surface area contributed by atoms with Crippen LogP contribution in [0.5, 0.6) is 5.75 Å². The largest absolute Gasteiger partial charge is 0.481 e. The molecule has 0 saturated heterocycles. The van der Waals surface area contributed by atoms with Gasteiger partial charge in [0.05, 0.1) is 0 Å². The van der Waals surface area contributed by atoms with Gasteiger partial charge in [-0.3, -0.25) is 9.59 Å². The molecular formula is C17H23NO5. The molecule has 6 heteroatoms. The zero-order valence-corrected chi connectivity index (χ0v) is 14.0. The number of amides is 1. The lowest BCUT2D eigenvalue weighted by Crippen LogP contribution is -2.52. The molecule has 126 valence electrons. The maximum Gasteiger partial charge on any atom is 0.326 e. The topological polar surface area (TPSA) is 92.7 Å². The minimum absolute atomic E-state index is 0.105. The van der Waals surface area contributed by atoms with E-state index in [9.17, 15) is 19.5 Å². The first kappa shape index (κ1) is 18.7. The van der Waals surface area contributed by atoms with Crippen molar-refractivity contribution >= 4 is 17.7 Å². The van der Waals surface area contributed by atoms with Crippen LogP contribution in [0.4, 0.5) is 0 Å². The summed E-state index contributed by atoms with van der Waals surface area (Å²) in [6, 6.07) is 5.47. The number of carboxylic acid groups (broad SMARTS) is 1. The van der Waals surface area contributed by atoms with Gasteiger partial charge in [0.15, 0.2) is 11.9 Å². The van der Waals surface area contributed by atoms with E-state index in [1.807, 2.05) is 0 Å². The summed E-state index contributed by atoms with van der Waals surface area (Å²) < 4.78 is 5.50.